The molecule has 108 valence electrons. The van der Waals surface area contributed by atoms with E-state index in [1.807, 2.05) is 6.92 Å². The van der Waals surface area contributed by atoms with Gasteiger partial charge in [-0.05, 0) is 30.0 Å². The third-order valence-corrected chi connectivity index (χ3v) is 3.52. The third kappa shape index (κ3) is 2.59. The number of aromatic nitrogens is 3. The summed E-state index contributed by atoms with van der Waals surface area (Å²) < 4.78 is 5.23. The quantitative estimate of drug-likeness (QED) is 0.782. The molecule has 0 unspecified atom stereocenters. The molecule has 0 bridgehead atoms. The Balaban J connectivity index is 1.96. The summed E-state index contributed by atoms with van der Waals surface area (Å²) in [7, 11) is 0. The molecule has 2 aromatic heterocycles. The van der Waals surface area contributed by atoms with E-state index in [-0.39, 0.29) is 0 Å². The normalized spacial score (nSPS) is 11.2. The van der Waals surface area contributed by atoms with Crippen LogP contribution in [0.15, 0.2) is 35.1 Å². The average Bonchev–Trinajstić information content (AvgIpc) is 2.92. The van der Waals surface area contributed by atoms with E-state index in [1.165, 1.54) is 11.9 Å². The molecule has 0 aliphatic rings. The van der Waals surface area contributed by atoms with E-state index >= 15 is 0 Å². The molecule has 0 radical (unpaired) electrons. The minimum absolute atomic E-state index is 0.517. The van der Waals surface area contributed by atoms with Crippen LogP contribution >= 0.6 is 0 Å². The fourth-order valence-corrected chi connectivity index (χ4v) is 2.27. The van der Waals surface area contributed by atoms with E-state index in [0.717, 1.165) is 29.0 Å². The summed E-state index contributed by atoms with van der Waals surface area (Å²) in [6.45, 7) is 6.40. The van der Waals surface area contributed by atoms with Crippen LogP contribution in [0.4, 0.5) is 11.5 Å². The summed E-state index contributed by atoms with van der Waals surface area (Å²) in [5.41, 5.74) is 3.69. The molecule has 2 heterocycles. The Kier molecular flexibility index (Phi) is 3.56. The van der Waals surface area contributed by atoms with Crippen molar-refractivity contribution in [3.63, 3.8) is 0 Å². The lowest BCUT2D eigenvalue weighted by atomic mass is 10.0. The number of hydrogen-bond donors (Lipinski definition) is 1. The van der Waals surface area contributed by atoms with Crippen LogP contribution in [0.25, 0.3) is 11.1 Å². The molecular formula is C16H18N4O. The van der Waals surface area contributed by atoms with Crippen LogP contribution in [-0.2, 0) is 6.42 Å². The SMILES string of the molecule is CCc1noc2ncnc(Nc3ccc(C(C)C)cc3)c12. The zero-order chi connectivity index (χ0) is 14.8. The number of nitrogens with zero attached hydrogens (tertiary/aromatic N) is 3. The van der Waals surface area contributed by atoms with Gasteiger partial charge in [0.25, 0.3) is 5.71 Å². The Morgan fingerprint density at radius 3 is 2.57 bits per heavy atom. The van der Waals surface area contributed by atoms with E-state index in [1.54, 1.807) is 0 Å². The standard InChI is InChI=1S/C16H18N4O/c1-4-13-14-15(17-9-18-16(14)21-20-13)19-12-7-5-11(6-8-12)10(2)3/h5-10H,4H2,1-3H3,(H,17,18,19). The second-order valence-corrected chi connectivity index (χ2v) is 5.29. The van der Waals surface area contributed by atoms with Crippen molar-refractivity contribution in [3.05, 3.63) is 41.9 Å². The highest BCUT2D eigenvalue weighted by Crippen LogP contribution is 2.27. The van der Waals surface area contributed by atoms with Crippen molar-refractivity contribution in [3.8, 4) is 0 Å². The lowest BCUT2D eigenvalue weighted by molar-refractivity contribution is 0.439. The van der Waals surface area contributed by atoms with Gasteiger partial charge in [0.05, 0.1) is 5.69 Å². The molecule has 0 atom stereocenters. The Labute approximate surface area is 123 Å². The number of anilines is 2. The number of aryl methyl sites for hydroxylation is 1. The molecule has 0 spiro atoms. The third-order valence-electron chi connectivity index (χ3n) is 3.52. The van der Waals surface area contributed by atoms with Crippen LogP contribution in [0.3, 0.4) is 0 Å². The lowest BCUT2D eigenvalue weighted by Gasteiger charge is -2.09. The predicted molar refractivity (Wildman–Crippen MR) is 82.8 cm³/mol. The molecule has 0 aliphatic heterocycles. The molecule has 3 rings (SSSR count). The molecule has 0 fully saturated rings. The second-order valence-electron chi connectivity index (χ2n) is 5.29. The number of hydrogen-bond acceptors (Lipinski definition) is 5. The molecule has 5 heteroatoms. The number of benzene rings is 1. The largest absolute Gasteiger partial charge is 0.339 e. The van der Waals surface area contributed by atoms with Gasteiger partial charge in [-0.15, -0.1) is 0 Å². The van der Waals surface area contributed by atoms with Gasteiger partial charge in [0.1, 0.15) is 17.5 Å². The number of fused-ring (bicyclic) bond motifs is 1. The van der Waals surface area contributed by atoms with Gasteiger partial charge in [0.2, 0.25) is 0 Å². The second kappa shape index (κ2) is 5.52. The molecule has 5 nitrogen and oxygen atoms in total. The number of nitrogens with one attached hydrogen (secondary N) is 1. The zero-order valence-electron chi connectivity index (χ0n) is 12.4. The first-order valence-corrected chi connectivity index (χ1v) is 7.15. The van der Waals surface area contributed by atoms with Crippen LogP contribution in [-0.4, -0.2) is 15.1 Å². The summed E-state index contributed by atoms with van der Waals surface area (Å²) >= 11 is 0. The fraction of sp³-hybridized carbons (Fsp3) is 0.312. The van der Waals surface area contributed by atoms with Crippen molar-refractivity contribution in [1.29, 1.82) is 0 Å². The van der Waals surface area contributed by atoms with E-state index in [0.29, 0.717) is 11.6 Å². The Bertz CT molecular complexity index is 747. The molecule has 3 aromatic rings. The van der Waals surface area contributed by atoms with Gasteiger partial charge in [-0.1, -0.05) is 38.1 Å². The van der Waals surface area contributed by atoms with Crippen molar-refractivity contribution >= 4 is 22.6 Å². The molecule has 0 saturated carbocycles. The molecule has 1 aromatic carbocycles. The first kappa shape index (κ1) is 13.5. The maximum Gasteiger partial charge on any atom is 0.263 e. The first-order valence-electron chi connectivity index (χ1n) is 7.15. The average molecular weight is 282 g/mol. The summed E-state index contributed by atoms with van der Waals surface area (Å²) in [6.07, 6.45) is 2.26. The van der Waals surface area contributed by atoms with Crippen LogP contribution < -0.4 is 5.32 Å². The molecule has 0 amide bonds. The van der Waals surface area contributed by atoms with Crippen LogP contribution in [0, 0.1) is 0 Å². The van der Waals surface area contributed by atoms with Gasteiger partial charge >= 0.3 is 0 Å². The molecular weight excluding hydrogens is 264 g/mol. The van der Waals surface area contributed by atoms with E-state index in [4.69, 9.17) is 4.52 Å². The molecule has 21 heavy (non-hydrogen) atoms. The van der Waals surface area contributed by atoms with Crippen molar-refractivity contribution in [2.24, 2.45) is 0 Å². The summed E-state index contributed by atoms with van der Waals surface area (Å²) in [5.74, 6) is 1.25. The van der Waals surface area contributed by atoms with Crippen LogP contribution in [0.5, 0.6) is 0 Å². The minimum atomic E-state index is 0.517. The monoisotopic (exact) mass is 282 g/mol. The minimum Gasteiger partial charge on any atom is -0.339 e. The molecule has 0 saturated heterocycles. The highest BCUT2D eigenvalue weighted by molar-refractivity contribution is 5.89. The number of rotatable bonds is 4. The van der Waals surface area contributed by atoms with Gasteiger partial charge in [-0.25, -0.2) is 4.98 Å². The highest BCUT2D eigenvalue weighted by Gasteiger charge is 2.13. The predicted octanol–water partition coefficient (Wildman–Crippen LogP) is 4.05. The van der Waals surface area contributed by atoms with Gasteiger partial charge in [-0.3, -0.25) is 0 Å². The van der Waals surface area contributed by atoms with Crippen molar-refractivity contribution in [2.45, 2.75) is 33.1 Å². The Morgan fingerprint density at radius 1 is 1.14 bits per heavy atom. The van der Waals surface area contributed by atoms with E-state index < -0.39 is 0 Å². The Hall–Kier alpha value is -2.43. The molecule has 0 aliphatic carbocycles. The van der Waals surface area contributed by atoms with Gasteiger partial charge in [0, 0.05) is 5.69 Å². The van der Waals surface area contributed by atoms with Crippen molar-refractivity contribution < 1.29 is 4.52 Å². The van der Waals surface area contributed by atoms with E-state index in [9.17, 15) is 0 Å². The maximum atomic E-state index is 5.23. The fourth-order valence-electron chi connectivity index (χ4n) is 2.27. The topological polar surface area (TPSA) is 63.8 Å². The maximum absolute atomic E-state index is 5.23. The van der Waals surface area contributed by atoms with Crippen molar-refractivity contribution in [2.75, 3.05) is 5.32 Å². The Morgan fingerprint density at radius 2 is 1.90 bits per heavy atom. The van der Waals surface area contributed by atoms with E-state index in [2.05, 4.69) is 58.6 Å². The smallest absolute Gasteiger partial charge is 0.263 e. The highest BCUT2D eigenvalue weighted by atomic mass is 16.5. The van der Waals surface area contributed by atoms with Gasteiger partial charge in [-0.2, -0.15) is 4.98 Å². The van der Waals surface area contributed by atoms with Gasteiger partial charge in [0.15, 0.2) is 0 Å². The van der Waals surface area contributed by atoms with Crippen molar-refractivity contribution in [1.82, 2.24) is 15.1 Å². The summed E-state index contributed by atoms with van der Waals surface area (Å²) in [4.78, 5) is 8.43. The summed E-state index contributed by atoms with van der Waals surface area (Å²) in [5, 5.41) is 8.21. The van der Waals surface area contributed by atoms with Crippen LogP contribution in [0.2, 0.25) is 0 Å². The molecule has 1 N–H and O–H groups in total. The van der Waals surface area contributed by atoms with Gasteiger partial charge < -0.3 is 9.84 Å². The lowest BCUT2D eigenvalue weighted by Crippen LogP contribution is -1.97. The first-order chi connectivity index (χ1) is 10.2. The zero-order valence-corrected chi connectivity index (χ0v) is 12.4. The summed E-state index contributed by atoms with van der Waals surface area (Å²) in [6, 6.07) is 8.37. The van der Waals surface area contributed by atoms with Crippen LogP contribution in [0.1, 0.15) is 37.9 Å².